The van der Waals surface area contributed by atoms with Crippen LogP contribution in [-0.2, 0) is 10.0 Å². The van der Waals surface area contributed by atoms with Gasteiger partial charge in [0.15, 0.2) is 0 Å². The molecule has 0 heterocycles. The molecule has 0 aliphatic carbocycles. The van der Waals surface area contributed by atoms with Gasteiger partial charge in [0.25, 0.3) is 0 Å². The molecule has 20 heavy (non-hydrogen) atoms. The van der Waals surface area contributed by atoms with Crippen molar-refractivity contribution in [3.8, 4) is 0 Å². The maximum atomic E-state index is 12.2. The average Bonchev–Trinajstić information content (AvgIpc) is 2.40. The summed E-state index contributed by atoms with van der Waals surface area (Å²) in [7, 11) is -3.60. The predicted octanol–water partition coefficient (Wildman–Crippen LogP) is 0.823. The summed E-state index contributed by atoms with van der Waals surface area (Å²) in [5.41, 5.74) is 1.91. The van der Waals surface area contributed by atoms with E-state index in [1.165, 1.54) is 0 Å². The van der Waals surface area contributed by atoms with Gasteiger partial charge in [0.05, 0.1) is 0 Å². The van der Waals surface area contributed by atoms with Gasteiger partial charge in [-0.05, 0) is 19.1 Å². The number of aryl methyl sites for hydroxylation is 1. The van der Waals surface area contributed by atoms with E-state index in [1.54, 1.807) is 31.2 Å². The topological polar surface area (TPSA) is 48.2 Å². The summed E-state index contributed by atoms with van der Waals surface area (Å²) in [6.07, 6.45) is 0. The van der Waals surface area contributed by atoms with E-state index >= 15 is 0 Å². The first kappa shape index (κ1) is 17.0. The van der Waals surface area contributed by atoms with Crippen LogP contribution in [0.4, 0.5) is 0 Å². The van der Waals surface area contributed by atoms with Crippen LogP contribution in [0.2, 0.25) is 0 Å². The number of sulfonamides is 1. The van der Waals surface area contributed by atoms with Crippen LogP contribution in [0.5, 0.6) is 0 Å². The molecule has 2 aromatic rings. The molecular weight excluding hydrogens is 265 g/mol. The maximum Gasteiger partial charge on any atom is 1.00 e. The van der Waals surface area contributed by atoms with Gasteiger partial charge in [-0.3, -0.25) is 0 Å². The molecule has 2 rings (SSSR count). The van der Waals surface area contributed by atoms with Gasteiger partial charge in [0, 0.05) is 4.90 Å². The van der Waals surface area contributed by atoms with Crippen LogP contribution in [0.3, 0.4) is 0 Å². The number of rotatable bonds is 4. The third-order valence-electron chi connectivity index (χ3n) is 2.90. The van der Waals surface area contributed by atoms with Gasteiger partial charge in [-0.1, -0.05) is 60.5 Å². The standard InChI is InChI=1S/C15H16NO2S.Li/c1-12-8-10-15(11-9-12)19(17,18)16-13(2)14-6-4-3-5-7-14;/h3-11,13H,1-2H3;/q-1;+1/t13-;/m0./s1. The molecule has 0 aromatic heterocycles. The van der Waals surface area contributed by atoms with E-state index in [-0.39, 0.29) is 29.8 Å². The molecule has 0 bridgehead atoms. The van der Waals surface area contributed by atoms with Crippen molar-refractivity contribution in [1.29, 1.82) is 0 Å². The molecule has 0 N–H and O–H groups in total. The Labute approximate surface area is 132 Å². The van der Waals surface area contributed by atoms with Gasteiger partial charge in [0.2, 0.25) is 0 Å². The molecule has 0 saturated carbocycles. The summed E-state index contributed by atoms with van der Waals surface area (Å²) in [6, 6.07) is 15.7. The first-order valence-electron chi connectivity index (χ1n) is 6.08. The Kier molecular flexibility index (Phi) is 6.03. The van der Waals surface area contributed by atoms with Gasteiger partial charge in [-0.15, -0.1) is 6.04 Å². The SMILES string of the molecule is Cc1ccc(S(=O)(=O)[N-][C@@H](C)c2ccccc2)cc1.[Li+]. The van der Waals surface area contributed by atoms with Crippen molar-refractivity contribution in [2.24, 2.45) is 0 Å². The predicted molar refractivity (Wildman–Crippen MR) is 76.6 cm³/mol. The third kappa shape index (κ3) is 4.22. The van der Waals surface area contributed by atoms with Crippen LogP contribution in [-0.4, -0.2) is 8.42 Å². The second-order valence-corrected chi connectivity index (χ2v) is 6.11. The molecule has 3 nitrogen and oxygen atoms in total. The zero-order valence-electron chi connectivity index (χ0n) is 11.9. The maximum absolute atomic E-state index is 12.2. The summed E-state index contributed by atoms with van der Waals surface area (Å²) < 4.78 is 28.3. The Bertz CT molecular complexity index is 639. The summed E-state index contributed by atoms with van der Waals surface area (Å²) in [5, 5.41) is 0. The van der Waals surface area contributed by atoms with Crippen molar-refractivity contribution < 1.29 is 27.3 Å². The first-order chi connectivity index (χ1) is 8.99. The largest absolute Gasteiger partial charge is 1.00 e. The summed E-state index contributed by atoms with van der Waals surface area (Å²) in [6.45, 7) is 3.70. The van der Waals surface area contributed by atoms with Crippen LogP contribution in [0.1, 0.15) is 24.1 Å². The van der Waals surface area contributed by atoms with Gasteiger partial charge in [-0.25, -0.2) is 8.42 Å². The molecule has 0 amide bonds. The Morgan fingerprint density at radius 1 is 0.950 bits per heavy atom. The minimum absolute atomic E-state index is 0. The van der Waals surface area contributed by atoms with E-state index in [4.69, 9.17) is 0 Å². The molecule has 0 unspecified atom stereocenters. The van der Waals surface area contributed by atoms with Gasteiger partial charge in [-0.2, -0.15) is 0 Å². The van der Waals surface area contributed by atoms with E-state index in [0.717, 1.165) is 11.1 Å². The molecular formula is C15H16LiNO2S. The Hall–Kier alpha value is -1.05. The molecule has 0 saturated heterocycles. The quantitative estimate of drug-likeness (QED) is 0.779. The molecule has 1 atom stereocenters. The molecule has 100 valence electrons. The fourth-order valence-electron chi connectivity index (χ4n) is 1.77. The van der Waals surface area contributed by atoms with Crippen LogP contribution in [0.15, 0.2) is 59.5 Å². The van der Waals surface area contributed by atoms with Crippen molar-refractivity contribution in [2.45, 2.75) is 24.8 Å². The van der Waals surface area contributed by atoms with E-state index in [1.807, 2.05) is 37.3 Å². The van der Waals surface area contributed by atoms with Crippen molar-refractivity contribution >= 4 is 10.0 Å². The Morgan fingerprint density at radius 2 is 1.50 bits per heavy atom. The van der Waals surface area contributed by atoms with Crippen LogP contribution >= 0.6 is 0 Å². The monoisotopic (exact) mass is 281 g/mol. The smallest absolute Gasteiger partial charge is 0.538 e. The summed E-state index contributed by atoms with van der Waals surface area (Å²) in [5.74, 6) is 0. The summed E-state index contributed by atoms with van der Waals surface area (Å²) >= 11 is 0. The fourth-order valence-corrected chi connectivity index (χ4v) is 2.91. The average molecular weight is 281 g/mol. The van der Waals surface area contributed by atoms with Gasteiger partial charge < -0.3 is 4.72 Å². The molecule has 0 aliphatic heterocycles. The van der Waals surface area contributed by atoms with Gasteiger partial charge in [0.1, 0.15) is 10.0 Å². The molecule has 2 aromatic carbocycles. The second-order valence-electron chi connectivity index (χ2n) is 4.48. The fraction of sp³-hybridized carbons (Fsp3) is 0.200. The molecule has 0 aliphatic rings. The number of nitrogens with zero attached hydrogens (tertiary/aromatic N) is 1. The Balaban J connectivity index is 0.00000200. The van der Waals surface area contributed by atoms with Crippen molar-refractivity contribution in [2.75, 3.05) is 0 Å². The van der Waals surface area contributed by atoms with E-state index in [9.17, 15) is 8.42 Å². The molecule has 0 spiro atoms. The zero-order valence-corrected chi connectivity index (χ0v) is 12.8. The van der Waals surface area contributed by atoms with Crippen LogP contribution in [0, 0.1) is 6.92 Å². The molecule has 0 fully saturated rings. The number of benzene rings is 2. The first-order valence-corrected chi connectivity index (χ1v) is 7.52. The van der Waals surface area contributed by atoms with E-state index in [0.29, 0.717) is 0 Å². The van der Waals surface area contributed by atoms with E-state index < -0.39 is 10.0 Å². The van der Waals surface area contributed by atoms with Crippen molar-refractivity contribution in [3.05, 3.63) is 70.4 Å². The third-order valence-corrected chi connectivity index (χ3v) is 4.36. The van der Waals surface area contributed by atoms with E-state index in [2.05, 4.69) is 4.72 Å². The zero-order chi connectivity index (χ0) is 13.9. The van der Waals surface area contributed by atoms with Crippen LogP contribution in [0.25, 0.3) is 4.72 Å². The minimum Gasteiger partial charge on any atom is -0.538 e. The second kappa shape index (κ2) is 7.10. The Morgan fingerprint density at radius 3 is 2.05 bits per heavy atom. The van der Waals surface area contributed by atoms with Gasteiger partial charge >= 0.3 is 18.9 Å². The molecule has 5 heteroatoms. The van der Waals surface area contributed by atoms with Crippen LogP contribution < -0.4 is 18.9 Å². The number of hydrogen-bond donors (Lipinski definition) is 0. The minimum atomic E-state index is -3.60. The number of hydrogen-bond acceptors (Lipinski definition) is 2. The normalized spacial score (nSPS) is 12.5. The summed E-state index contributed by atoms with van der Waals surface area (Å²) in [4.78, 5) is 0.237. The van der Waals surface area contributed by atoms with Crippen molar-refractivity contribution in [1.82, 2.24) is 0 Å². The molecule has 0 radical (unpaired) electrons. The van der Waals surface area contributed by atoms with Crippen molar-refractivity contribution in [3.63, 3.8) is 0 Å².